The van der Waals surface area contributed by atoms with Crippen LogP contribution in [0.25, 0.3) is 0 Å². The molecule has 0 aliphatic carbocycles. The fourth-order valence-corrected chi connectivity index (χ4v) is 1.14. The number of hydrogen-bond donors (Lipinski definition) is 1. The summed E-state index contributed by atoms with van der Waals surface area (Å²) in [6, 6.07) is 3.74. The van der Waals surface area contributed by atoms with Gasteiger partial charge in [0.2, 0.25) is 0 Å². The van der Waals surface area contributed by atoms with Crippen LogP contribution in [0, 0.1) is 0 Å². The van der Waals surface area contributed by atoms with E-state index in [0.717, 1.165) is 31.4 Å². The van der Waals surface area contributed by atoms with Crippen LogP contribution in [0.1, 0.15) is 11.7 Å². The van der Waals surface area contributed by atoms with Crippen molar-refractivity contribution < 1.29 is 27.6 Å². The second kappa shape index (κ2) is 4.57. The highest BCUT2D eigenvalue weighted by atomic mass is 19.4. The summed E-state index contributed by atoms with van der Waals surface area (Å²) in [6.07, 6.45) is -1.56. The minimum atomic E-state index is -5.06. The van der Waals surface area contributed by atoms with E-state index in [4.69, 9.17) is 0 Å². The van der Waals surface area contributed by atoms with Crippen molar-refractivity contribution in [1.82, 2.24) is 0 Å². The van der Waals surface area contributed by atoms with Crippen LogP contribution in [0.15, 0.2) is 24.3 Å². The number of hydrogen-bond acceptors (Lipinski definition) is 3. The van der Waals surface area contributed by atoms with E-state index in [1.54, 1.807) is 0 Å². The summed E-state index contributed by atoms with van der Waals surface area (Å²) < 4.78 is 41.0. The molecule has 0 aliphatic rings. The zero-order valence-electron chi connectivity index (χ0n) is 8.36. The summed E-state index contributed by atoms with van der Waals surface area (Å²) in [4.78, 5) is 10.9. The number of halogens is 3. The van der Waals surface area contributed by atoms with Gasteiger partial charge in [0.15, 0.2) is 6.10 Å². The number of esters is 1. The fraction of sp³-hybridized carbons (Fsp3) is 0.222. The average molecular weight is 233 g/mol. The maximum atomic E-state index is 12.3. The van der Waals surface area contributed by atoms with Crippen molar-refractivity contribution in [2.45, 2.75) is 6.10 Å². The highest BCUT2D eigenvalue weighted by molar-refractivity contribution is 6.73. The van der Waals surface area contributed by atoms with Crippen LogP contribution in [0.3, 0.4) is 0 Å². The van der Waals surface area contributed by atoms with Gasteiger partial charge in [0.25, 0.3) is 0 Å². The molecule has 1 unspecified atom stereocenters. The molecule has 1 aromatic carbocycles. The normalized spacial score (nSPS) is 13.3. The Kier molecular flexibility index (Phi) is 3.59. The number of ether oxygens (including phenoxy) is 1. The predicted octanol–water partition coefficient (Wildman–Crippen LogP) is 0.947. The number of methoxy groups -OCH3 is 1. The van der Waals surface area contributed by atoms with E-state index < -0.39 is 24.5 Å². The van der Waals surface area contributed by atoms with Gasteiger partial charge in [-0.3, -0.25) is 0 Å². The van der Waals surface area contributed by atoms with Crippen LogP contribution in [-0.4, -0.2) is 25.2 Å². The van der Waals surface area contributed by atoms with E-state index in [9.17, 15) is 22.8 Å². The molecule has 0 heterocycles. The molecule has 0 saturated heterocycles. The zero-order valence-corrected chi connectivity index (χ0v) is 8.36. The molecule has 0 bridgehead atoms. The number of rotatable bonds is 3. The van der Waals surface area contributed by atoms with Gasteiger partial charge >= 0.3 is 12.9 Å². The Morgan fingerprint density at radius 1 is 1.31 bits per heavy atom. The summed E-state index contributed by atoms with van der Waals surface area (Å²) >= 11 is 0. The van der Waals surface area contributed by atoms with Crippen molar-refractivity contribution in [3.05, 3.63) is 29.8 Å². The molecule has 1 N–H and O–H groups in total. The fourth-order valence-electron chi connectivity index (χ4n) is 1.14. The highest BCUT2D eigenvalue weighted by Gasteiger charge is 2.26. The summed E-state index contributed by atoms with van der Waals surface area (Å²) in [6.45, 7) is -5.06. The standard InChI is InChI=1S/C9H9BF3O3/c1-16-9(15)8(14)6-2-4-7(5-3-6)10(11,12)13/h2-5,8,14H,1H3/q-1. The lowest BCUT2D eigenvalue weighted by Crippen LogP contribution is -2.33. The van der Waals surface area contributed by atoms with Gasteiger partial charge in [0.1, 0.15) is 0 Å². The van der Waals surface area contributed by atoms with Gasteiger partial charge in [-0.2, -0.15) is 0 Å². The molecule has 16 heavy (non-hydrogen) atoms. The van der Waals surface area contributed by atoms with Crippen molar-refractivity contribution in [2.75, 3.05) is 7.11 Å². The van der Waals surface area contributed by atoms with Crippen molar-refractivity contribution in [1.29, 1.82) is 0 Å². The summed E-state index contributed by atoms with van der Waals surface area (Å²) in [7, 11) is 1.08. The van der Waals surface area contributed by atoms with Crippen LogP contribution in [0.4, 0.5) is 12.9 Å². The van der Waals surface area contributed by atoms with Gasteiger partial charge in [0.05, 0.1) is 7.11 Å². The van der Waals surface area contributed by atoms with Gasteiger partial charge in [-0.1, -0.05) is 24.3 Å². The zero-order chi connectivity index (χ0) is 12.3. The van der Waals surface area contributed by atoms with Crippen molar-refractivity contribution in [3.63, 3.8) is 0 Å². The highest BCUT2D eigenvalue weighted by Crippen LogP contribution is 2.15. The largest absolute Gasteiger partial charge is 0.509 e. The van der Waals surface area contributed by atoms with Crippen molar-refractivity contribution in [2.24, 2.45) is 0 Å². The van der Waals surface area contributed by atoms with Gasteiger partial charge in [-0.15, -0.1) is 5.46 Å². The lowest BCUT2D eigenvalue weighted by atomic mass is 9.80. The van der Waals surface area contributed by atoms with E-state index in [-0.39, 0.29) is 5.56 Å². The molecule has 0 fully saturated rings. The second-order valence-electron chi connectivity index (χ2n) is 3.17. The predicted molar refractivity (Wildman–Crippen MR) is 52.1 cm³/mol. The number of benzene rings is 1. The number of carbonyl (C=O) groups excluding carboxylic acids is 1. The Hall–Kier alpha value is -1.50. The number of aliphatic hydroxyl groups excluding tert-OH is 1. The topological polar surface area (TPSA) is 46.5 Å². The van der Waals surface area contributed by atoms with Crippen molar-refractivity contribution in [3.8, 4) is 0 Å². The third-order valence-corrected chi connectivity index (χ3v) is 2.05. The molecule has 0 aromatic heterocycles. The molecular weight excluding hydrogens is 224 g/mol. The number of carbonyl (C=O) groups is 1. The first-order valence-electron chi connectivity index (χ1n) is 4.42. The minimum Gasteiger partial charge on any atom is -0.467 e. The van der Waals surface area contributed by atoms with E-state index in [1.165, 1.54) is 0 Å². The summed E-state index contributed by atoms with van der Waals surface area (Å²) in [5, 5.41) is 9.33. The smallest absolute Gasteiger partial charge is 0.467 e. The summed E-state index contributed by atoms with van der Waals surface area (Å²) in [5.41, 5.74) is -0.712. The van der Waals surface area contributed by atoms with Crippen LogP contribution < -0.4 is 5.46 Å². The lowest BCUT2D eigenvalue weighted by molar-refractivity contribution is -0.150. The quantitative estimate of drug-likeness (QED) is 0.624. The molecule has 0 amide bonds. The molecule has 7 heteroatoms. The van der Waals surface area contributed by atoms with Crippen LogP contribution in [-0.2, 0) is 9.53 Å². The third-order valence-electron chi connectivity index (χ3n) is 2.05. The first-order valence-corrected chi connectivity index (χ1v) is 4.42. The summed E-state index contributed by atoms with van der Waals surface area (Å²) in [5.74, 6) is -0.912. The van der Waals surface area contributed by atoms with Crippen LogP contribution in [0.2, 0.25) is 0 Å². The molecule has 0 radical (unpaired) electrons. The lowest BCUT2D eigenvalue weighted by Gasteiger charge is -2.15. The first kappa shape index (κ1) is 12.6. The molecule has 0 aliphatic heterocycles. The van der Waals surface area contributed by atoms with Gasteiger partial charge < -0.3 is 22.8 Å². The van der Waals surface area contributed by atoms with Gasteiger partial charge in [-0.05, 0) is 5.56 Å². The second-order valence-corrected chi connectivity index (χ2v) is 3.17. The maximum absolute atomic E-state index is 12.3. The van der Waals surface area contributed by atoms with Gasteiger partial charge in [-0.25, -0.2) is 4.79 Å². The molecule has 3 nitrogen and oxygen atoms in total. The van der Waals surface area contributed by atoms with Gasteiger partial charge in [0, 0.05) is 0 Å². The Morgan fingerprint density at radius 2 is 1.81 bits per heavy atom. The number of aliphatic hydroxyl groups is 1. The van der Waals surface area contributed by atoms with Crippen LogP contribution >= 0.6 is 0 Å². The van der Waals surface area contributed by atoms with E-state index in [2.05, 4.69) is 4.74 Å². The molecule has 1 rings (SSSR count). The average Bonchev–Trinajstić information content (AvgIpc) is 2.26. The van der Waals surface area contributed by atoms with E-state index in [0.29, 0.717) is 0 Å². The Bertz CT molecular complexity index is 375. The molecule has 0 spiro atoms. The molecular formula is C9H9BF3O3-. The third kappa shape index (κ3) is 2.76. The first-order chi connectivity index (χ1) is 7.36. The Morgan fingerprint density at radius 3 is 2.19 bits per heavy atom. The monoisotopic (exact) mass is 233 g/mol. The SMILES string of the molecule is COC(=O)C(O)c1ccc([B-](F)(F)F)cc1. The molecule has 1 atom stereocenters. The van der Waals surface area contributed by atoms with Crippen LogP contribution in [0.5, 0.6) is 0 Å². The van der Waals surface area contributed by atoms with Crippen molar-refractivity contribution >= 4 is 18.4 Å². The molecule has 1 aromatic rings. The minimum absolute atomic E-state index is 0.0654. The Balaban J connectivity index is 2.91. The maximum Gasteiger partial charge on any atom is 0.509 e. The Labute approximate surface area is 89.9 Å². The van der Waals surface area contributed by atoms with E-state index in [1.807, 2.05) is 0 Å². The molecule has 0 saturated carbocycles. The van der Waals surface area contributed by atoms with E-state index >= 15 is 0 Å². The molecule has 88 valence electrons.